The molecule has 0 aliphatic rings. The van der Waals surface area contributed by atoms with Crippen molar-refractivity contribution >= 4 is 6.72 Å². The molecule has 0 aliphatic carbocycles. The van der Waals surface area contributed by atoms with Crippen molar-refractivity contribution in [3.8, 4) is 0 Å². The topological polar surface area (TPSA) is 39.1 Å². The smallest absolute Gasteiger partial charge is 0.0507 e. The summed E-state index contributed by atoms with van der Waals surface area (Å²) in [6.07, 6.45) is 0. The highest BCUT2D eigenvalue weighted by Gasteiger charge is 1.92. The predicted molar refractivity (Wildman–Crippen MR) is 36.6 cm³/mol. The van der Waals surface area contributed by atoms with Crippen LogP contribution < -0.4 is 0 Å². The van der Waals surface area contributed by atoms with Crippen LogP contribution in [0.5, 0.6) is 0 Å². The van der Waals surface area contributed by atoms with Crippen LogP contribution in [0.3, 0.4) is 0 Å². The van der Waals surface area contributed by atoms with E-state index in [0.29, 0.717) is 13.1 Å². The summed E-state index contributed by atoms with van der Waals surface area (Å²) in [5.74, 6) is 0. The van der Waals surface area contributed by atoms with Crippen molar-refractivity contribution in [2.24, 2.45) is 5.10 Å². The Kier molecular flexibility index (Phi) is 4.00. The van der Waals surface area contributed by atoms with Gasteiger partial charge >= 0.3 is 0 Å². The lowest BCUT2D eigenvalue weighted by molar-refractivity contribution is -0.0682. The van der Waals surface area contributed by atoms with Crippen LogP contribution in [0.25, 0.3) is 0 Å². The van der Waals surface area contributed by atoms with Gasteiger partial charge in [0.25, 0.3) is 0 Å². The molecule has 0 heterocycles. The Bertz CT molecular complexity index is 84.3. The number of hydrazone groups is 1. The first kappa shape index (κ1) is 8.39. The van der Waals surface area contributed by atoms with E-state index in [4.69, 9.17) is 5.21 Å². The monoisotopic (exact) mass is 131 g/mol. The molecule has 4 nitrogen and oxygen atoms in total. The quantitative estimate of drug-likeness (QED) is 0.426. The Balaban J connectivity index is 3.16. The van der Waals surface area contributed by atoms with Crippen LogP contribution in [0.15, 0.2) is 5.10 Å². The number of nitrogens with zero attached hydrogens (tertiary/aromatic N) is 3. The second-order valence-electron chi connectivity index (χ2n) is 1.90. The SMILES string of the molecule is C=NN(C)CCN(C)O. The third-order valence-electron chi connectivity index (χ3n) is 0.989. The Morgan fingerprint density at radius 3 is 2.33 bits per heavy atom. The molecule has 0 rings (SSSR count). The van der Waals surface area contributed by atoms with Gasteiger partial charge in [0.15, 0.2) is 0 Å². The lowest BCUT2D eigenvalue weighted by atomic mass is 10.6. The standard InChI is InChI=1S/C5H13N3O/c1-6-7(2)4-5-8(3)9/h9H,1,4-5H2,2-3H3. The maximum absolute atomic E-state index is 8.64. The van der Waals surface area contributed by atoms with Gasteiger partial charge in [0, 0.05) is 27.4 Å². The summed E-state index contributed by atoms with van der Waals surface area (Å²) in [5.41, 5.74) is 0. The van der Waals surface area contributed by atoms with Crippen LogP contribution in [0, 0.1) is 0 Å². The second-order valence-corrected chi connectivity index (χ2v) is 1.90. The molecule has 0 atom stereocenters. The zero-order chi connectivity index (χ0) is 7.28. The van der Waals surface area contributed by atoms with Crippen molar-refractivity contribution in [1.82, 2.24) is 10.1 Å². The van der Waals surface area contributed by atoms with Crippen molar-refractivity contribution < 1.29 is 5.21 Å². The highest BCUT2D eigenvalue weighted by Crippen LogP contribution is 1.81. The van der Waals surface area contributed by atoms with E-state index < -0.39 is 0 Å². The van der Waals surface area contributed by atoms with Crippen LogP contribution in [0.4, 0.5) is 0 Å². The third kappa shape index (κ3) is 5.26. The molecule has 4 heteroatoms. The molecule has 0 bridgehead atoms. The van der Waals surface area contributed by atoms with Gasteiger partial charge < -0.3 is 5.21 Å². The van der Waals surface area contributed by atoms with E-state index in [1.165, 1.54) is 0 Å². The van der Waals surface area contributed by atoms with E-state index in [9.17, 15) is 0 Å². The molecule has 9 heavy (non-hydrogen) atoms. The fourth-order valence-electron chi connectivity index (χ4n) is 0.360. The van der Waals surface area contributed by atoms with Gasteiger partial charge in [0.1, 0.15) is 0 Å². The van der Waals surface area contributed by atoms with E-state index >= 15 is 0 Å². The molecule has 54 valence electrons. The molecule has 0 saturated heterocycles. The van der Waals surface area contributed by atoms with E-state index in [0.717, 1.165) is 5.06 Å². The van der Waals surface area contributed by atoms with Crippen LogP contribution in [-0.2, 0) is 0 Å². The van der Waals surface area contributed by atoms with E-state index in [1.54, 1.807) is 19.1 Å². The third-order valence-corrected chi connectivity index (χ3v) is 0.989. The van der Waals surface area contributed by atoms with Gasteiger partial charge in [-0.1, -0.05) is 0 Å². The summed E-state index contributed by atoms with van der Waals surface area (Å²) < 4.78 is 0. The Morgan fingerprint density at radius 1 is 1.44 bits per heavy atom. The minimum absolute atomic E-state index is 0.579. The molecular weight excluding hydrogens is 118 g/mol. The molecule has 0 spiro atoms. The van der Waals surface area contributed by atoms with Crippen LogP contribution >= 0.6 is 0 Å². The molecule has 0 amide bonds. The first-order chi connectivity index (χ1) is 4.16. The van der Waals surface area contributed by atoms with Gasteiger partial charge in [-0.05, 0) is 0 Å². The maximum Gasteiger partial charge on any atom is 0.0507 e. The molecule has 0 aromatic rings. The Hall–Kier alpha value is -0.610. The minimum Gasteiger partial charge on any atom is -0.314 e. The average Bonchev–Trinajstić information content (AvgIpc) is 1.83. The van der Waals surface area contributed by atoms with Crippen molar-refractivity contribution in [3.63, 3.8) is 0 Å². The first-order valence-corrected chi connectivity index (χ1v) is 2.74. The molecular formula is C5H13N3O. The predicted octanol–water partition coefficient (Wildman–Crippen LogP) is -0.145. The van der Waals surface area contributed by atoms with Gasteiger partial charge in [-0.25, -0.2) is 0 Å². The lowest BCUT2D eigenvalue weighted by Crippen LogP contribution is -2.25. The summed E-state index contributed by atoms with van der Waals surface area (Å²) in [6.45, 7) is 4.58. The van der Waals surface area contributed by atoms with E-state index in [2.05, 4.69) is 11.8 Å². The lowest BCUT2D eigenvalue weighted by Gasteiger charge is -2.13. The largest absolute Gasteiger partial charge is 0.314 e. The number of rotatable bonds is 4. The minimum atomic E-state index is 0.579. The molecule has 0 aliphatic heterocycles. The van der Waals surface area contributed by atoms with Gasteiger partial charge in [-0.2, -0.15) is 10.2 Å². The molecule has 0 aromatic heterocycles. The second kappa shape index (κ2) is 4.29. The average molecular weight is 131 g/mol. The molecule has 0 fully saturated rings. The molecule has 0 saturated carbocycles. The number of hydroxylamine groups is 2. The molecule has 1 N–H and O–H groups in total. The summed E-state index contributed by atoms with van der Waals surface area (Å²) >= 11 is 0. The van der Waals surface area contributed by atoms with Crippen molar-refractivity contribution in [1.29, 1.82) is 0 Å². The zero-order valence-electron chi connectivity index (χ0n) is 5.91. The fraction of sp³-hybridized carbons (Fsp3) is 0.800. The zero-order valence-corrected chi connectivity index (χ0v) is 5.91. The fourth-order valence-corrected chi connectivity index (χ4v) is 0.360. The summed E-state index contributed by atoms with van der Waals surface area (Å²) in [6, 6.07) is 0. The van der Waals surface area contributed by atoms with Gasteiger partial charge in [-0.3, -0.25) is 5.01 Å². The van der Waals surface area contributed by atoms with E-state index in [-0.39, 0.29) is 0 Å². The van der Waals surface area contributed by atoms with Crippen molar-refractivity contribution in [2.45, 2.75) is 0 Å². The highest BCUT2D eigenvalue weighted by molar-refractivity contribution is 5.22. The van der Waals surface area contributed by atoms with Crippen LogP contribution in [-0.4, -0.2) is 49.2 Å². The van der Waals surface area contributed by atoms with Crippen molar-refractivity contribution in [2.75, 3.05) is 27.2 Å². The van der Waals surface area contributed by atoms with Crippen LogP contribution in [0.1, 0.15) is 0 Å². The Morgan fingerprint density at radius 2 is 2.00 bits per heavy atom. The molecule has 0 aromatic carbocycles. The normalized spacial score (nSPS) is 9.78. The molecule has 0 unspecified atom stereocenters. The van der Waals surface area contributed by atoms with Gasteiger partial charge in [0.2, 0.25) is 0 Å². The van der Waals surface area contributed by atoms with E-state index in [1.807, 2.05) is 0 Å². The first-order valence-electron chi connectivity index (χ1n) is 2.74. The molecule has 0 radical (unpaired) electrons. The number of likely N-dealkylation sites (N-methyl/N-ethyl adjacent to an activating group) is 2. The summed E-state index contributed by atoms with van der Waals surface area (Å²) in [5, 5.41) is 15.0. The van der Waals surface area contributed by atoms with Gasteiger partial charge in [0.05, 0.1) is 6.54 Å². The number of hydrogen-bond donors (Lipinski definition) is 1. The van der Waals surface area contributed by atoms with Crippen LogP contribution in [0.2, 0.25) is 0 Å². The van der Waals surface area contributed by atoms with Gasteiger partial charge in [-0.15, -0.1) is 0 Å². The Labute approximate surface area is 55.3 Å². The summed E-state index contributed by atoms with van der Waals surface area (Å²) in [4.78, 5) is 0. The van der Waals surface area contributed by atoms with Crippen molar-refractivity contribution in [3.05, 3.63) is 0 Å². The highest BCUT2D eigenvalue weighted by atomic mass is 16.5. The number of hydrogen-bond acceptors (Lipinski definition) is 4. The summed E-state index contributed by atoms with van der Waals surface area (Å²) in [7, 11) is 3.40. The maximum atomic E-state index is 8.64.